The molecule has 1 aliphatic heterocycles. The fraction of sp³-hybridized carbons (Fsp3) is 0.786. The minimum Gasteiger partial charge on any atom is -0.453 e. The van der Waals surface area contributed by atoms with Crippen LogP contribution in [0, 0.1) is 0 Å². The lowest BCUT2D eigenvalue weighted by atomic mass is 9.94. The summed E-state index contributed by atoms with van der Waals surface area (Å²) in [7, 11) is 1.36. The highest BCUT2D eigenvalue weighted by Gasteiger charge is 2.52. The van der Waals surface area contributed by atoms with E-state index in [9.17, 15) is 4.79 Å². The summed E-state index contributed by atoms with van der Waals surface area (Å²) in [6.07, 6.45) is 7.70. The molecule has 0 unspecified atom stereocenters. The monoisotopic (exact) mass is 345 g/mol. The number of carbonyl (C=O) groups is 1. The zero-order valence-electron chi connectivity index (χ0n) is 11.6. The number of amides is 1. The first-order valence-electron chi connectivity index (χ1n) is 7.19. The van der Waals surface area contributed by atoms with Crippen LogP contribution < -0.4 is 5.32 Å². The van der Waals surface area contributed by atoms with Crippen LogP contribution in [0.5, 0.6) is 0 Å². The second-order valence-corrected chi connectivity index (χ2v) is 6.56. The van der Waals surface area contributed by atoms with E-state index in [-0.39, 0.29) is 18.2 Å². The van der Waals surface area contributed by atoms with E-state index >= 15 is 0 Å². The first kappa shape index (κ1) is 14.4. The Bertz CT molecular complexity index is 419. The Morgan fingerprint density at radius 2 is 2.15 bits per heavy atom. The summed E-state index contributed by atoms with van der Waals surface area (Å²) in [4.78, 5) is 11.5. The number of alkyl carbamates (subject to hydrolysis) is 1. The highest BCUT2D eigenvalue weighted by Crippen LogP contribution is 2.45. The average Bonchev–Trinajstić information content (AvgIpc) is 2.81. The predicted octanol–water partition coefficient (Wildman–Crippen LogP) is 2.84. The van der Waals surface area contributed by atoms with E-state index in [1.807, 2.05) is 6.08 Å². The van der Waals surface area contributed by atoms with Crippen molar-refractivity contribution in [2.45, 2.75) is 62.6 Å². The number of rotatable bonds is 1. The molecule has 3 rings (SSSR count). The van der Waals surface area contributed by atoms with Gasteiger partial charge < -0.3 is 19.5 Å². The van der Waals surface area contributed by atoms with Gasteiger partial charge in [-0.25, -0.2) is 4.79 Å². The lowest BCUT2D eigenvalue weighted by Crippen LogP contribution is -2.49. The van der Waals surface area contributed by atoms with Gasteiger partial charge in [0.2, 0.25) is 0 Å². The Labute approximate surface area is 127 Å². The van der Waals surface area contributed by atoms with Crippen LogP contribution in [-0.2, 0) is 14.2 Å². The SMILES string of the molecule is COC(=O)N[C@@H]1C(Br)=CC[C@H]2OC3(CCCCC3)O[C@@H]12. The minimum absolute atomic E-state index is 0.0107. The second kappa shape index (κ2) is 5.66. The number of carbonyl (C=O) groups excluding carboxylic acids is 1. The van der Waals surface area contributed by atoms with E-state index in [4.69, 9.17) is 14.2 Å². The lowest BCUT2D eigenvalue weighted by Gasteiger charge is -2.32. The maximum atomic E-state index is 11.5. The Balaban J connectivity index is 1.76. The second-order valence-electron chi connectivity index (χ2n) is 5.65. The van der Waals surface area contributed by atoms with Crippen molar-refractivity contribution in [3.8, 4) is 0 Å². The average molecular weight is 346 g/mol. The zero-order valence-corrected chi connectivity index (χ0v) is 13.1. The molecule has 112 valence electrons. The van der Waals surface area contributed by atoms with Gasteiger partial charge in [-0.1, -0.05) is 28.4 Å². The molecule has 20 heavy (non-hydrogen) atoms. The van der Waals surface area contributed by atoms with E-state index in [0.29, 0.717) is 0 Å². The van der Waals surface area contributed by atoms with Gasteiger partial charge in [0.1, 0.15) is 6.10 Å². The molecule has 1 amide bonds. The van der Waals surface area contributed by atoms with Crippen LogP contribution >= 0.6 is 15.9 Å². The summed E-state index contributed by atoms with van der Waals surface area (Å²) in [6, 6.07) is -0.234. The van der Waals surface area contributed by atoms with Crippen molar-refractivity contribution in [2.24, 2.45) is 0 Å². The van der Waals surface area contributed by atoms with Gasteiger partial charge in [-0.2, -0.15) is 0 Å². The van der Waals surface area contributed by atoms with E-state index < -0.39 is 11.9 Å². The summed E-state index contributed by atoms with van der Waals surface area (Å²) >= 11 is 3.52. The number of methoxy groups -OCH3 is 1. The van der Waals surface area contributed by atoms with Gasteiger partial charge in [-0.3, -0.25) is 0 Å². The molecule has 3 aliphatic rings. The summed E-state index contributed by atoms with van der Waals surface area (Å²) in [5.74, 6) is -0.435. The van der Waals surface area contributed by atoms with Gasteiger partial charge in [0.15, 0.2) is 5.79 Å². The van der Waals surface area contributed by atoms with Crippen LogP contribution in [0.25, 0.3) is 0 Å². The molecular weight excluding hydrogens is 326 g/mol. The Kier molecular flexibility index (Phi) is 4.06. The highest BCUT2D eigenvalue weighted by molar-refractivity contribution is 9.11. The molecule has 0 radical (unpaired) electrons. The molecule has 1 N–H and O–H groups in total. The molecule has 1 spiro atoms. The van der Waals surface area contributed by atoms with Crippen molar-refractivity contribution in [1.29, 1.82) is 0 Å². The maximum Gasteiger partial charge on any atom is 0.407 e. The minimum atomic E-state index is -0.450. The van der Waals surface area contributed by atoms with E-state index in [0.717, 1.165) is 36.6 Å². The topological polar surface area (TPSA) is 56.8 Å². The molecule has 0 bridgehead atoms. The van der Waals surface area contributed by atoms with Gasteiger partial charge in [-0.15, -0.1) is 0 Å². The summed E-state index contributed by atoms with van der Waals surface area (Å²) < 4.78 is 18.1. The highest BCUT2D eigenvalue weighted by atomic mass is 79.9. The number of hydrogen-bond acceptors (Lipinski definition) is 4. The van der Waals surface area contributed by atoms with Crippen LogP contribution in [0.2, 0.25) is 0 Å². The number of halogens is 1. The first-order valence-corrected chi connectivity index (χ1v) is 7.98. The molecule has 3 atom stereocenters. The van der Waals surface area contributed by atoms with Gasteiger partial charge in [-0.05, 0) is 19.3 Å². The zero-order chi connectivity index (χ0) is 14.2. The molecular formula is C14H20BrNO4. The number of ether oxygens (including phenoxy) is 3. The van der Waals surface area contributed by atoms with E-state index in [1.165, 1.54) is 13.5 Å². The van der Waals surface area contributed by atoms with E-state index in [2.05, 4.69) is 21.2 Å². The third kappa shape index (κ3) is 2.61. The fourth-order valence-electron chi connectivity index (χ4n) is 3.34. The first-order chi connectivity index (χ1) is 9.63. The van der Waals surface area contributed by atoms with Gasteiger partial charge in [0.05, 0.1) is 19.3 Å². The van der Waals surface area contributed by atoms with Crippen LogP contribution in [0.15, 0.2) is 10.6 Å². The van der Waals surface area contributed by atoms with Crippen molar-refractivity contribution in [1.82, 2.24) is 5.32 Å². The molecule has 1 saturated heterocycles. The quantitative estimate of drug-likeness (QED) is 0.793. The summed E-state index contributed by atoms with van der Waals surface area (Å²) in [6.45, 7) is 0. The summed E-state index contributed by atoms with van der Waals surface area (Å²) in [5.41, 5.74) is 0. The Morgan fingerprint density at radius 1 is 1.40 bits per heavy atom. The normalized spacial score (nSPS) is 35.3. The van der Waals surface area contributed by atoms with Crippen molar-refractivity contribution in [3.63, 3.8) is 0 Å². The third-order valence-electron chi connectivity index (χ3n) is 4.33. The van der Waals surface area contributed by atoms with Crippen molar-refractivity contribution in [2.75, 3.05) is 7.11 Å². The molecule has 0 aromatic carbocycles. The Hall–Kier alpha value is -0.590. The van der Waals surface area contributed by atoms with Crippen molar-refractivity contribution in [3.05, 3.63) is 10.6 Å². The van der Waals surface area contributed by atoms with Crippen LogP contribution in [0.4, 0.5) is 4.79 Å². The van der Waals surface area contributed by atoms with Crippen LogP contribution in [-0.4, -0.2) is 37.2 Å². The Morgan fingerprint density at radius 3 is 2.85 bits per heavy atom. The molecule has 1 saturated carbocycles. The molecule has 2 fully saturated rings. The number of hydrogen-bond donors (Lipinski definition) is 1. The molecule has 1 heterocycles. The third-order valence-corrected chi connectivity index (χ3v) is 5.15. The van der Waals surface area contributed by atoms with Crippen LogP contribution in [0.3, 0.4) is 0 Å². The lowest BCUT2D eigenvalue weighted by molar-refractivity contribution is -0.194. The standard InChI is InChI=1S/C14H20BrNO4/c1-18-13(17)16-11-9(15)5-6-10-12(11)20-14(19-10)7-3-2-4-8-14/h5,10-12H,2-4,6-8H2,1H3,(H,16,17)/t10-,11-,12-/m1/s1. The molecule has 6 heteroatoms. The summed E-state index contributed by atoms with van der Waals surface area (Å²) in [5, 5.41) is 2.83. The molecule has 2 aliphatic carbocycles. The predicted molar refractivity (Wildman–Crippen MR) is 76.5 cm³/mol. The molecule has 0 aromatic heterocycles. The van der Waals surface area contributed by atoms with E-state index in [1.54, 1.807) is 0 Å². The van der Waals surface area contributed by atoms with Gasteiger partial charge in [0.25, 0.3) is 0 Å². The van der Waals surface area contributed by atoms with Crippen molar-refractivity contribution >= 4 is 22.0 Å². The fourth-order valence-corrected chi connectivity index (χ4v) is 3.90. The maximum absolute atomic E-state index is 11.5. The van der Waals surface area contributed by atoms with Crippen LogP contribution in [0.1, 0.15) is 38.5 Å². The smallest absolute Gasteiger partial charge is 0.407 e. The number of fused-ring (bicyclic) bond motifs is 1. The number of nitrogens with one attached hydrogen (secondary N) is 1. The van der Waals surface area contributed by atoms with Crippen molar-refractivity contribution < 1.29 is 19.0 Å². The van der Waals surface area contributed by atoms with Gasteiger partial charge in [0, 0.05) is 17.3 Å². The molecule has 5 nitrogen and oxygen atoms in total. The van der Waals surface area contributed by atoms with Gasteiger partial charge >= 0.3 is 6.09 Å². The molecule has 0 aromatic rings. The largest absolute Gasteiger partial charge is 0.453 e.